The van der Waals surface area contributed by atoms with E-state index in [0.717, 1.165) is 25.0 Å². The molecule has 1 saturated heterocycles. The van der Waals surface area contributed by atoms with Crippen molar-refractivity contribution in [3.05, 3.63) is 0 Å². The number of carbonyl (C=O) groups excluding carboxylic acids is 2. The predicted molar refractivity (Wildman–Crippen MR) is 78.0 cm³/mol. The van der Waals surface area contributed by atoms with Crippen LogP contribution >= 0.6 is 11.8 Å². The van der Waals surface area contributed by atoms with Gasteiger partial charge in [-0.3, -0.25) is 9.59 Å². The van der Waals surface area contributed by atoms with Crippen LogP contribution in [0.2, 0.25) is 0 Å². The van der Waals surface area contributed by atoms with Crippen molar-refractivity contribution in [3.8, 4) is 0 Å². The maximum absolute atomic E-state index is 12.6. The van der Waals surface area contributed by atoms with E-state index in [1.807, 2.05) is 18.1 Å². The highest BCUT2D eigenvalue weighted by atomic mass is 32.2. The molecule has 1 saturated carbocycles. The van der Waals surface area contributed by atoms with E-state index in [4.69, 9.17) is 0 Å². The number of piperazine rings is 1. The van der Waals surface area contributed by atoms with Crippen LogP contribution in [0.4, 0.5) is 0 Å². The molecule has 2 amide bonds. The largest absolute Gasteiger partial charge is 0.342 e. The maximum atomic E-state index is 12.6. The van der Waals surface area contributed by atoms with Crippen molar-refractivity contribution in [2.24, 2.45) is 11.8 Å². The second kappa shape index (κ2) is 6.16. The Morgan fingerprint density at radius 3 is 2.63 bits per heavy atom. The lowest BCUT2D eigenvalue weighted by atomic mass is 9.93. The summed E-state index contributed by atoms with van der Waals surface area (Å²) in [5.74, 6) is 1.68. The Balaban J connectivity index is 2.15. The fraction of sp³-hybridized carbons (Fsp3) is 0.857. The second-order valence-corrected chi connectivity index (χ2v) is 6.66. The van der Waals surface area contributed by atoms with Gasteiger partial charge < -0.3 is 10.2 Å². The van der Waals surface area contributed by atoms with Gasteiger partial charge in [0.15, 0.2) is 0 Å². The summed E-state index contributed by atoms with van der Waals surface area (Å²) < 4.78 is 0. The van der Waals surface area contributed by atoms with Crippen LogP contribution in [-0.4, -0.2) is 47.4 Å². The van der Waals surface area contributed by atoms with E-state index >= 15 is 0 Å². The fourth-order valence-electron chi connectivity index (χ4n) is 2.70. The van der Waals surface area contributed by atoms with Gasteiger partial charge >= 0.3 is 0 Å². The molecule has 2 fully saturated rings. The van der Waals surface area contributed by atoms with E-state index < -0.39 is 0 Å². The first-order valence-electron chi connectivity index (χ1n) is 7.20. The highest BCUT2D eigenvalue weighted by Gasteiger charge is 2.48. The lowest BCUT2D eigenvalue weighted by molar-refractivity contribution is -0.151. The molecule has 0 aromatic rings. The van der Waals surface area contributed by atoms with Crippen LogP contribution in [0.1, 0.15) is 33.1 Å². The molecule has 0 spiro atoms. The summed E-state index contributed by atoms with van der Waals surface area (Å²) in [5.41, 5.74) is 0. The van der Waals surface area contributed by atoms with Crippen molar-refractivity contribution in [1.82, 2.24) is 10.2 Å². The van der Waals surface area contributed by atoms with Crippen molar-refractivity contribution < 1.29 is 9.59 Å². The number of nitrogens with zero attached hydrogens (tertiary/aromatic N) is 1. The fourth-order valence-corrected chi connectivity index (χ4v) is 3.08. The summed E-state index contributed by atoms with van der Waals surface area (Å²) in [6, 6.07) is -0.533. The SMILES string of the molecule is CCC(C)C1NC(=O)C(C2CC2)N(CCSC)C1=O. The molecule has 3 unspecified atom stereocenters. The van der Waals surface area contributed by atoms with Crippen molar-refractivity contribution in [3.63, 3.8) is 0 Å². The summed E-state index contributed by atoms with van der Waals surface area (Å²) in [4.78, 5) is 26.8. The lowest BCUT2D eigenvalue weighted by Gasteiger charge is -2.41. The predicted octanol–water partition coefficient (Wildman–Crippen LogP) is 1.50. The Hall–Kier alpha value is -0.710. The van der Waals surface area contributed by atoms with Gasteiger partial charge in [0, 0.05) is 12.3 Å². The second-order valence-electron chi connectivity index (χ2n) is 5.68. The minimum atomic E-state index is -0.325. The van der Waals surface area contributed by atoms with Gasteiger partial charge in [0.05, 0.1) is 0 Å². The van der Waals surface area contributed by atoms with Crippen LogP contribution in [0.3, 0.4) is 0 Å². The Morgan fingerprint density at radius 2 is 2.11 bits per heavy atom. The minimum Gasteiger partial charge on any atom is -0.342 e. The smallest absolute Gasteiger partial charge is 0.246 e. The molecular weight excluding hydrogens is 260 g/mol. The summed E-state index contributed by atoms with van der Waals surface area (Å²) in [5, 5.41) is 2.96. The zero-order chi connectivity index (χ0) is 14.0. The Bertz CT molecular complexity index is 357. The molecule has 108 valence electrons. The Kier molecular flexibility index (Phi) is 4.76. The van der Waals surface area contributed by atoms with Crippen LogP contribution in [0.15, 0.2) is 0 Å². The molecule has 1 aliphatic carbocycles. The van der Waals surface area contributed by atoms with Crippen LogP contribution in [0.25, 0.3) is 0 Å². The summed E-state index contributed by atoms with van der Waals surface area (Å²) in [7, 11) is 0. The molecule has 5 heteroatoms. The van der Waals surface area contributed by atoms with Gasteiger partial charge in [-0.2, -0.15) is 11.8 Å². The zero-order valence-corrected chi connectivity index (χ0v) is 12.8. The lowest BCUT2D eigenvalue weighted by Crippen LogP contribution is -2.65. The summed E-state index contributed by atoms with van der Waals surface area (Å²) >= 11 is 1.72. The first-order chi connectivity index (χ1) is 9.10. The average Bonchev–Trinajstić information content (AvgIpc) is 3.22. The third kappa shape index (κ3) is 3.07. The van der Waals surface area contributed by atoms with Gasteiger partial charge in [0.25, 0.3) is 0 Å². The van der Waals surface area contributed by atoms with Gasteiger partial charge in [-0.15, -0.1) is 0 Å². The van der Waals surface area contributed by atoms with Crippen LogP contribution < -0.4 is 5.32 Å². The van der Waals surface area contributed by atoms with E-state index in [1.54, 1.807) is 11.8 Å². The van der Waals surface area contributed by atoms with Crippen LogP contribution in [0.5, 0.6) is 0 Å². The van der Waals surface area contributed by atoms with E-state index in [1.165, 1.54) is 0 Å². The average molecular weight is 284 g/mol. The number of carbonyl (C=O) groups is 2. The third-order valence-electron chi connectivity index (χ3n) is 4.27. The van der Waals surface area contributed by atoms with Crippen molar-refractivity contribution in [2.75, 3.05) is 18.6 Å². The monoisotopic (exact) mass is 284 g/mol. The first-order valence-corrected chi connectivity index (χ1v) is 8.59. The number of hydrogen-bond acceptors (Lipinski definition) is 3. The van der Waals surface area contributed by atoms with Gasteiger partial charge in [-0.1, -0.05) is 20.3 Å². The summed E-state index contributed by atoms with van der Waals surface area (Å²) in [6.45, 7) is 4.79. The van der Waals surface area contributed by atoms with Crippen molar-refractivity contribution in [1.29, 1.82) is 0 Å². The minimum absolute atomic E-state index is 0.0634. The molecule has 0 aromatic carbocycles. The molecule has 1 aliphatic heterocycles. The van der Waals surface area contributed by atoms with E-state index in [2.05, 4.69) is 12.2 Å². The molecule has 4 nitrogen and oxygen atoms in total. The van der Waals surface area contributed by atoms with Gasteiger partial charge in [-0.05, 0) is 30.9 Å². The molecule has 0 aromatic heterocycles. The van der Waals surface area contributed by atoms with E-state index in [9.17, 15) is 9.59 Å². The molecule has 1 heterocycles. The molecular formula is C14H24N2O2S. The molecule has 2 aliphatic rings. The number of rotatable bonds is 6. The maximum Gasteiger partial charge on any atom is 0.246 e. The highest BCUT2D eigenvalue weighted by molar-refractivity contribution is 7.98. The summed E-state index contributed by atoms with van der Waals surface area (Å²) in [6.07, 6.45) is 5.10. The molecule has 19 heavy (non-hydrogen) atoms. The highest BCUT2D eigenvalue weighted by Crippen LogP contribution is 2.37. The zero-order valence-electron chi connectivity index (χ0n) is 12.0. The van der Waals surface area contributed by atoms with E-state index in [0.29, 0.717) is 12.5 Å². The van der Waals surface area contributed by atoms with Crippen molar-refractivity contribution in [2.45, 2.75) is 45.2 Å². The topological polar surface area (TPSA) is 49.4 Å². The standard InChI is InChI=1S/C14H24N2O2S/c1-4-9(2)11-14(18)16(7-8-19-3)12(10-5-6-10)13(17)15-11/h9-12H,4-8H2,1-3H3,(H,15,17). The third-order valence-corrected chi connectivity index (χ3v) is 4.86. The van der Waals surface area contributed by atoms with E-state index in [-0.39, 0.29) is 29.8 Å². The molecule has 1 N–H and O–H groups in total. The van der Waals surface area contributed by atoms with Gasteiger partial charge in [0.2, 0.25) is 11.8 Å². The number of hydrogen-bond donors (Lipinski definition) is 1. The van der Waals surface area contributed by atoms with Crippen molar-refractivity contribution >= 4 is 23.6 Å². The first kappa shape index (κ1) is 14.7. The normalized spacial score (nSPS) is 29.3. The number of thioether (sulfide) groups is 1. The quantitative estimate of drug-likeness (QED) is 0.804. The van der Waals surface area contributed by atoms with Crippen LogP contribution in [0, 0.1) is 11.8 Å². The van der Waals surface area contributed by atoms with Gasteiger partial charge in [0.1, 0.15) is 12.1 Å². The Morgan fingerprint density at radius 1 is 1.42 bits per heavy atom. The van der Waals surface area contributed by atoms with Crippen LogP contribution in [-0.2, 0) is 9.59 Å². The molecule has 3 atom stereocenters. The number of nitrogens with one attached hydrogen (secondary N) is 1. The molecule has 0 radical (unpaired) electrons. The van der Waals surface area contributed by atoms with Gasteiger partial charge in [-0.25, -0.2) is 0 Å². The molecule has 0 bridgehead atoms. The Labute approximate surface area is 119 Å². The molecule has 2 rings (SSSR count). The number of amides is 2.